The normalized spacial score (nSPS) is 12.1. The van der Waals surface area contributed by atoms with Gasteiger partial charge in [-0.3, -0.25) is 4.79 Å². The van der Waals surface area contributed by atoms with Crippen molar-refractivity contribution in [3.63, 3.8) is 0 Å². The molecule has 0 aliphatic carbocycles. The maximum absolute atomic E-state index is 13.0. The molecule has 0 aliphatic heterocycles. The summed E-state index contributed by atoms with van der Waals surface area (Å²) in [6.07, 6.45) is 0.00652. The van der Waals surface area contributed by atoms with E-state index in [-0.39, 0.29) is 12.8 Å². The molecule has 38 heavy (non-hydrogen) atoms. The fourth-order valence-corrected chi connectivity index (χ4v) is 5.02. The van der Waals surface area contributed by atoms with E-state index in [2.05, 4.69) is 5.32 Å². The molecule has 0 aliphatic rings. The van der Waals surface area contributed by atoms with Gasteiger partial charge in [0.15, 0.2) is 0 Å². The zero-order valence-corrected chi connectivity index (χ0v) is 21.3. The molecule has 0 spiro atoms. The number of aryl methyl sites for hydroxylation is 3. The zero-order valence-electron chi connectivity index (χ0n) is 21.3. The largest absolute Gasteiger partial charge is 0.548 e. The van der Waals surface area contributed by atoms with Crippen molar-refractivity contribution in [2.45, 2.75) is 39.7 Å². The van der Waals surface area contributed by atoms with Crippen LogP contribution in [-0.2, 0) is 16.0 Å². The Morgan fingerprint density at radius 3 is 2.16 bits per heavy atom. The molecular formula is C31H26NO6-. The molecular weight excluding hydrogens is 482 g/mol. The van der Waals surface area contributed by atoms with Gasteiger partial charge in [0.05, 0.1) is 12.0 Å². The number of carboxylic acid groups (broad SMARTS) is 1. The van der Waals surface area contributed by atoms with Gasteiger partial charge in [0.25, 0.3) is 0 Å². The van der Waals surface area contributed by atoms with Gasteiger partial charge in [-0.05, 0) is 49.9 Å². The number of carbonyl (C=O) groups excluding carboxylic acids is 2. The molecule has 192 valence electrons. The van der Waals surface area contributed by atoms with Crippen LogP contribution in [0.2, 0.25) is 0 Å². The molecule has 0 saturated carbocycles. The van der Waals surface area contributed by atoms with E-state index in [9.17, 15) is 19.5 Å². The number of rotatable bonds is 7. The van der Waals surface area contributed by atoms with Gasteiger partial charge < -0.3 is 24.1 Å². The summed E-state index contributed by atoms with van der Waals surface area (Å²) in [5.41, 5.74) is 4.81. The minimum absolute atomic E-state index is 0.0883. The van der Waals surface area contributed by atoms with Gasteiger partial charge in [-0.25, -0.2) is 4.79 Å². The molecule has 1 atom stereocenters. The quantitative estimate of drug-likeness (QED) is 0.320. The second-order valence-electron chi connectivity index (χ2n) is 9.38. The number of furan rings is 1. The Morgan fingerprint density at radius 1 is 0.868 bits per heavy atom. The topological polar surface area (TPSA) is 113 Å². The minimum atomic E-state index is -1.41. The van der Waals surface area contributed by atoms with E-state index in [4.69, 9.17) is 8.83 Å². The molecule has 0 fully saturated rings. The Hall–Kier alpha value is -4.65. The van der Waals surface area contributed by atoms with E-state index in [1.54, 1.807) is 30.3 Å². The van der Waals surface area contributed by atoms with Crippen LogP contribution in [-0.4, -0.2) is 11.9 Å². The molecule has 7 heteroatoms. The number of aliphatic carboxylic acids is 1. The molecule has 2 heterocycles. The average Bonchev–Trinajstić information content (AvgIpc) is 3.25. The van der Waals surface area contributed by atoms with E-state index in [1.807, 2.05) is 57.2 Å². The third-order valence-electron chi connectivity index (χ3n) is 6.97. The summed E-state index contributed by atoms with van der Waals surface area (Å²) in [5.74, 6) is -1.15. The standard InChI is InChI=1S/C31H27NO6/c1-17-22(14-15-25(33)32-27(30(34)35)21-12-8-5-9-13-21)31(36)38-28-18(2)29-24(16-23(17)28)26(19(3)37-29)20-10-6-4-7-11-20/h4-13,16,27H,14-15H2,1-3H3,(H,32,33)(H,34,35)/p-1/t27-/m1/s1. The second-order valence-corrected chi connectivity index (χ2v) is 9.38. The molecule has 5 rings (SSSR count). The molecule has 1 N–H and O–H groups in total. The molecule has 0 unspecified atom stereocenters. The van der Waals surface area contributed by atoms with Gasteiger partial charge in [0.1, 0.15) is 16.9 Å². The molecule has 0 saturated heterocycles. The Morgan fingerprint density at radius 2 is 1.50 bits per heavy atom. The maximum Gasteiger partial charge on any atom is 0.339 e. The summed E-state index contributed by atoms with van der Waals surface area (Å²) < 4.78 is 11.8. The summed E-state index contributed by atoms with van der Waals surface area (Å²) in [7, 11) is 0. The highest BCUT2D eigenvalue weighted by Crippen LogP contribution is 2.39. The van der Waals surface area contributed by atoms with Crippen molar-refractivity contribution in [3.8, 4) is 11.1 Å². The zero-order chi connectivity index (χ0) is 27.0. The first-order valence-electron chi connectivity index (χ1n) is 12.4. The number of carboxylic acids is 1. The lowest BCUT2D eigenvalue weighted by atomic mass is 9.96. The van der Waals surface area contributed by atoms with E-state index in [0.29, 0.717) is 27.9 Å². The van der Waals surface area contributed by atoms with E-state index < -0.39 is 23.5 Å². The highest BCUT2D eigenvalue weighted by molar-refractivity contribution is 6.05. The smallest absolute Gasteiger partial charge is 0.339 e. The van der Waals surface area contributed by atoms with Crippen LogP contribution in [0.25, 0.3) is 33.1 Å². The predicted octanol–water partition coefficient (Wildman–Crippen LogP) is 4.67. The summed E-state index contributed by atoms with van der Waals surface area (Å²) in [6.45, 7) is 5.61. The van der Waals surface area contributed by atoms with Crippen molar-refractivity contribution >= 4 is 33.8 Å². The average molecular weight is 509 g/mol. The van der Waals surface area contributed by atoms with Gasteiger partial charge in [-0.1, -0.05) is 60.7 Å². The van der Waals surface area contributed by atoms with Gasteiger partial charge in [-0.15, -0.1) is 0 Å². The number of amides is 1. The summed E-state index contributed by atoms with van der Waals surface area (Å²) in [6, 6.07) is 19.0. The Kier molecular flexibility index (Phi) is 6.59. The molecule has 2 aromatic heterocycles. The van der Waals surface area contributed by atoms with Crippen LogP contribution >= 0.6 is 0 Å². The third kappa shape index (κ3) is 4.47. The summed E-state index contributed by atoms with van der Waals surface area (Å²) in [4.78, 5) is 37.3. The lowest BCUT2D eigenvalue weighted by molar-refractivity contribution is -0.308. The number of fused-ring (bicyclic) bond motifs is 2. The van der Waals surface area contributed by atoms with E-state index in [0.717, 1.165) is 33.2 Å². The number of hydrogen-bond donors (Lipinski definition) is 1. The van der Waals surface area contributed by atoms with Crippen LogP contribution in [0.5, 0.6) is 0 Å². The number of carbonyl (C=O) groups is 2. The van der Waals surface area contributed by atoms with Crippen LogP contribution in [0.4, 0.5) is 0 Å². The van der Waals surface area contributed by atoms with Gasteiger partial charge in [0, 0.05) is 33.9 Å². The van der Waals surface area contributed by atoms with Crippen LogP contribution < -0.4 is 16.0 Å². The first-order chi connectivity index (χ1) is 18.3. The fraction of sp³-hybridized carbons (Fsp3) is 0.194. The molecule has 7 nitrogen and oxygen atoms in total. The van der Waals surface area contributed by atoms with Crippen molar-refractivity contribution < 1.29 is 23.5 Å². The minimum Gasteiger partial charge on any atom is -0.548 e. The Bertz CT molecular complexity index is 1730. The SMILES string of the molecule is Cc1oc2c(C)c3oc(=O)c(CCC(=O)N[C@@H](C(=O)[O-])c4ccccc4)c(C)c3cc2c1-c1ccccc1. The van der Waals surface area contributed by atoms with Crippen LogP contribution in [0.3, 0.4) is 0 Å². The van der Waals surface area contributed by atoms with Gasteiger partial charge in [-0.2, -0.15) is 0 Å². The number of hydrogen-bond acceptors (Lipinski definition) is 6. The first kappa shape index (κ1) is 25.0. The monoisotopic (exact) mass is 508 g/mol. The Balaban J connectivity index is 1.49. The van der Waals surface area contributed by atoms with Crippen molar-refractivity contribution in [2.24, 2.45) is 0 Å². The van der Waals surface area contributed by atoms with Gasteiger partial charge in [0.2, 0.25) is 5.91 Å². The summed E-state index contributed by atoms with van der Waals surface area (Å²) >= 11 is 0. The molecule has 0 bridgehead atoms. The maximum atomic E-state index is 13.0. The predicted molar refractivity (Wildman–Crippen MR) is 143 cm³/mol. The Labute approximate surface area is 218 Å². The molecule has 5 aromatic rings. The first-order valence-corrected chi connectivity index (χ1v) is 12.4. The third-order valence-corrected chi connectivity index (χ3v) is 6.97. The van der Waals surface area contributed by atoms with E-state index >= 15 is 0 Å². The molecule has 3 aromatic carbocycles. The second kappa shape index (κ2) is 10.0. The number of nitrogens with one attached hydrogen (secondary N) is 1. The summed E-state index contributed by atoms with van der Waals surface area (Å²) in [5, 5.41) is 15.8. The van der Waals surface area contributed by atoms with Crippen LogP contribution in [0.15, 0.2) is 80.4 Å². The van der Waals surface area contributed by atoms with Crippen molar-refractivity contribution in [1.82, 2.24) is 5.32 Å². The van der Waals surface area contributed by atoms with Gasteiger partial charge >= 0.3 is 5.63 Å². The molecule has 0 radical (unpaired) electrons. The lowest BCUT2D eigenvalue weighted by Crippen LogP contribution is -2.41. The van der Waals surface area contributed by atoms with Crippen LogP contribution in [0, 0.1) is 20.8 Å². The number of benzene rings is 3. The van der Waals surface area contributed by atoms with E-state index in [1.165, 1.54) is 0 Å². The highest BCUT2D eigenvalue weighted by Gasteiger charge is 2.22. The fourth-order valence-electron chi connectivity index (χ4n) is 5.02. The van der Waals surface area contributed by atoms with Crippen molar-refractivity contribution in [3.05, 3.63) is 105 Å². The van der Waals surface area contributed by atoms with Crippen molar-refractivity contribution in [2.75, 3.05) is 0 Å². The van der Waals surface area contributed by atoms with Crippen molar-refractivity contribution in [1.29, 1.82) is 0 Å². The molecule has 1 amide bonds. The highest BCUT2D eigenvalue weighted by atomic mass is 16.4. The van der Waals surface area contributed by atoms with Crippen LogP contribution in [0.1, 0.15) is 40.5 Å². The lowest BCUT2D eigenvalue weighted by Gasteiger charge is -2.20.